The molecule has 0 heterocycles. The van der Waals surface area contributed by atoms with Crippen LogP contribution in [0.25, 0.3) is 0 Å². The summed E-state index contributed by atoms with van der Waals surface area (Å²) in [6.07, 6.45) is 0. The van der Waals surface area contributed by atoms with Gasteiger partial charge in [0.05, 0.1) is 20.6 Å². The van der Waals surface area contributed by atoms with Crippen molar-refractivity contribution in [1.82, 2.24) is 10.2 Å². The van der Waals surface area contributed by atoms with E-state index >= 15 is 0 Å². The molecule has 0 saturated heterocycles. The van der Waals surface area contributed by atoms with Crippen molar-refractivity contribution in [3.05, 3.63) is 92.4 Å². The molecule has 0 radical (unpaired) electrons. The number of anilines is 1. The Balaban J connectivity index is 2.10. The normalized spacial score (nSPS) is 12.1. The average Bonchev–Trinajstić information content (AvgIpc) is 2.89. The molecule has 0 spiro atoms. The SMILES string of the molecule is CCNC(=O)[C@@H](C)N(Cc1c(Cl)cccc1Cl)C(=O)CN(c1cccc(Cl)c1Cl)S(=O)(=O)c1ccccc1. The standard InChI is InChI=1S/C26H25Cl4N3O4S/c1-3-31-26(35)17(2)32(15-19-20(27)11-7-12-21(19)28)24(34)16-33(23-14-8-13-22(29)25(23)30)38(36,37)18-9-5-4-6-10-18/h4-14,17H,3,15-16H2,1-2H3,(H,31,35)/t17-/m1/s1. The lowest BCUT2D eigenvalue weighted by Gasteiger charge is -2.32. The number of sulfonamides is 1. The van der Waals surface area contributed by atoms with E-state index in [4.69, 9.17) is 46.4 Å². The number of hydrogen-bond donors (Lipinski definition) is 1. The van der Waals surface area contributed by atoms with Crippen LogP contribution in [0.4, 0.5) is 5.69 Å². The molecule has 0 aliphatic carbocycles. The first-order valence-corrected chi connectivity index (χ1v) is 14.5. The van der Waals surface area contributed by atoms with Crippen molar-refractivity contribution >= 4 is 73.9 Å². The summed E-state index contributed by atoms with van der Waals surface area (Å²) in [6.45, 7) is 2.80. The Hall–Kier alpha value is -2.49. The summed E-state index contributed by atoms with van der Waals surface area (Å²) in [4.78, 5) is 27.8. The molecule has 0 fully saturated rings. The molecular formula is C26H25Cl4N3O4S. The zero-order chi connectivity index (χ0) is 28.0. The smallest absolute Gasteiger partial charge is 0.264 e. The van der Waals surface area contributed by atoms with Gasteiger partial charge in [0, 0.05) is 28.7 Å². The number of carbonyl (C=O) groups is 2. The van der Waals surface area contributed by atoms with Gasteiger partial charge in [0.25, 0.3) is 10.0 Å². The lowest BCUT2D eigenvalue weighted by molar-refractivity contribution is -0.139. The summed E-state index contributed by atoms with van der Waals surface area (Å²) in [5.41, 5.74) is 0.427. The molecule has 3 aromatic carbocycles. The molecule has 0 aromatic heterocycles. The fourth-order valence-corrected chi connectivity index (χ4v) is 6.09. The lowest BCUT2D eigenvalue weighted by Crippen LogP contribution is -2.51. The highest BCUT2D eigenvalue weighted by Gasteiger charge is 2.34. The Kier molecular flexibility index (Phi) is 10.3. The number of hydrogen-bond acceptors (Lipinski definition) is 4. The number of carbonyl (C=O) groups excluding carboxylic acids is 2. The molecule has 0 saturated carbocycles. The van der Waals surface area contributed by atoms with Gasteiger partial charge >= 0.3 is 0 Å². The van der Waals surface area contributed by atoms with Crippen molar-refractivity contribution in [2.24, 2.45) is 0 Å². The van der Waals surface area contributed by atoms with Crippen molar-refractivity contribution in [3.63, 3.8) is 0 Å². The molecule has 38 heavy (non-hydrogen) atoms. The largest absolute Gasteiger partial charge is 0.355 e. The van der Waals surface area contributed by atoms with Crippen LogP contribution in [-0.4, -0.2) is 44.3 Å². The molecule has 0 aliphatic rings. The van der Waals surface area contributed by atoms with Gasteiger partial charge in [-0.05, 0) is 50.2 Å². The molecule has 1 N–H and O–H groups in total. The fraction of sp³-hybridized carbons (Fsp3) is 0.231. The van der Waals surface area contributed by atoms with Gasteiger partial charge in [-0.15, -0.1) is 0 Å². The first-order valence-electron chi connectivity index (χ1n) is 11.5. The van der Waals surface area contributed by atoms with Crippen LogP contribution in [0.15, 0.2) is 71.6 Å². The van der Waals surface area contributed by atoms with Crippen LogP contribution in [0.3, 0.4) is 0 Å². The molecule has 12 heteroatoms. The van der Waals surface area contributed by atoms with Crippen LogP contribution < -0.4 is 9.62 Å². The summed E-state index contributed by atoms with van der Waals surface area (Å²) in [5, 5.41) is 3.35. The van der Waals surface area contributed by atoms with Gasteiger partial charge in [0.1, 0.15) is 12.6 Å². The Morgan fingerprint density at radius 3 is 2.05 bits per heavy atom. The van der Waals surface area contributed by atoms with Crippen LogP contribution in [0.5, 0.6) is 0 Å². The summed E-state index contributed by atoms with van der Waals surface area (Å²) in [5.74, 6) is -1.11. The average molecular weight is 617 g/mol. The van der Waals surface area contributed by atoms with E-state index in [2.05, 4.69) is 5.32 Å². The zero-order valence-corrected chi connectivity index (χ0v) is 24.3. The van der Waals surface area contributed by atoms with Crippen LogP contribution >= 0.6 is 46.4 Å². The van der Waals surface area contributed by atoms with Crippen molar-refractivity contribution in [2.45, 2.75) is 31.3 Å². The summed E-state index contributed by atoms with van der Waals surface area (Å²) < 4.78 is 28.4. The van der Waals surface area contributed by atoms with E-state index in [1.807, 2.05) is 0 Å². The topological polar surface area (TPSA) is 86.8 Å². The minimum atomic E-state index is -4.28. The molecule has 202 valence electrons. The van der Waals surface area contributed by atoms with Gasteiger partial charge in [-0.2, -0.15) is 0 Å². The van der Waals surface area contributed by atoms with E-state index in [1.54, 1.807) is 43.3 Å². The summed E-state index contributed by atoms with van der Waals surface area (Å²) in [7, 11) is -4.28. The first-order chi connectivity index (χ1) is 18.0. The highest BCUT2D eigenvalue weighted by Crippen LogP contribution is 2.36. The minimum absolute atomic E-state index is 0.0118. The van der Waals surface area contributed by atoms with Crippen LogP contribution in [-0.2, 0) is 26.2 Å². The molecule has 3 aromatic rings. The summed E-state index contributed by atoms with van der Waals surface area (Å²) >= 11 is 25.3. The number of halogens is 4. The van der Waals surface area contributed by atoms with Gasteiger partial charge in [-0.25, -0.2) is 8.42 Å². The second-order valence-electron chi connectivity index (χ2n) is 8.19. The van der Waals surface area contributed by atoms with Gasteiger partial charge in [0.15, 0.2) is 0 Å². The molecule has 3 rings (SSSR count). The molecule has 1 atom stereocenters. The van der Waals surface area contributed by atoms with E-state index in [1.165, 1.54) is 42.2 Å². The van der Waals surface area contributed by atoms with E-state index in [0.29, 0.717) is 22.2 Å². The third-order valence-electron chi connectivity index (χ3n) is 5.72. The van der Waals surface area contributed by atoms with Gasteiger partial charge < -0.3 is 10.2 Å². The Morgan fingerprint density at radius 1 is 0.868 bits per heavy atom. The number of rotatable bonds is 10. The van der Waals surface area contributed by atoms with Crippen molar-refractivity contribution < 1.29 is 18.0 Å². The van der Waals surface area contributed by atoms with E-state index in [-0.39, 0.29) is 27.2 Å². The summed E-state index contributed by atoms with van der Waals surface area (Å²) in [6, 6.07) is 16.0. The second-order valence-corrected chi connectivity index (χ2v) is 11.7. The molecule has 0 unspecified atom stereocenters. The lowest BCUT2D eigenvalue weighted by atomic mass is 10.1. The van der Waals surface area contributed by atoms with Gasteiger partial charge in [-0.3, -0.25) is 13.9 Å². The Bertz CT molecular complexity index is 1400. The van der Waals surface area contributed by atoms with Gasteiger partial charge in [0.2, 0.25) is 11.8 Å². The molecule has 0 aliphatic heterocycles. The maximum Gasteiger partial charge on any atom is 0.264 e. The third kappa shape index (κ3) is 6.74. The molecule has 7 nitrogen and oxygen atoms in total. The Morgan fingerprint density at radius 2 is 1.45 bits per heavy atom. The zero-order valence-electron chi connectivity index (χ0n) is 20.5. The number of benzene rings is 3. The number of nitrogens with zero attached hydrogens (tertiary/aromatic N) is 2. The monoisotopic (exact) mass is 615 g/mol. The van der Waals surface area contributed by atoms with E-state index < -0.39 is 34.4 Å². The highest BCUT2D eigenvalue weighted by atomic mass is 35.5. The van der Waals surface area contributed by atoms with Crippen molar-refractivity contribution in [1.29, 1.82) is 0 Å². The van der Waals surface area contributed by atoms with E-state index in [9.17, 15) is 18.0 Å². The molecule has 2 amide bonds. The predicted octanol–water partition coefficient (Wildman–Crippen LogP) is 6.05. The molecule has 0 bridgehead atoms. The van der Waals surface area contributed by atoms with Crippen molar-refractivity contribution in [2.75, 3.05) is 17.4 Å². The fourth-order valence-electron chi connectivity index (χ4n) is 3.68. The number of amides is 2. The maximum atomic E-state index is 13.9. The number of nitrogens with one attached hydrogen (secondary N) is 1. The minimum Gasteiger partial charge on any atom is -0.355 e. The molecular weight excluding hydrogens is 592 g/mol. The Labute approximate surface area is 242 Å². The van der Waals surface area contributed by atoms with E-state index in [0.717, 1.165) is 4.31 Å². The number of likely N-dealkylation sites (N-methyl/N-ethyl adjacent to an activating group) is 1. The third-order valence-corrected chi connectivity index (χ3v) is 9.01. The predicted molar refractivity (Wildman–Crippen MR) is 153 cm³/mol. The van der Waals surface area contributed by atoms with Crippen LogP contribution in [0, 0.1) is 0 Å². The quantitative estimate of drug-likeness (QED) is 0.300. The van der Waals surface area contributed by atoms with Crippen molar-refractivity contribution in [3.8, 4) is 0 Å². The highest BCUT2D eigenvalue weighted by molar-refractivity contribution is 7.92. The van der Waals surface area contributed by atoms with Gasteiger partial charge in [-0.1, -0.05) is 76.7 Å². The first kappa shape index (κ1) is 30.1. The maximum absolute atomic E-state index is 13.9. The second kappa shape index (κ2) is 13.0. The van der Waals surface area contributed by atoms with Crippen LogP contribution in [0.2, 0.25) is 20.1 Å². The van der Waals surface area contributed by atoms with Crippen LogP contribution in [0.1, 0.15) is 19.4 Å².